The molecular weight excluding hydrogens is 1160 g/mol. The maximum atomic E-state index is 11.9. The Kier molecular flexibility index (Phi) is 26.5. The molecule has 0 unspecified atom stereocenters. The molecule has 9 heterocycles. The van der Waals surface area contributed by atoms with Crippen molar-refractivity contribution in [3.05, 3.63) is 90.9 Å². The molecule has 81 heavy (non-hydrogen) atoms. The van der Waals surface area contributed by atoms with Crippen LogP contribution in [0.4, 0.5) is 4.79 Å². The van der Waals surface area contributed by atoms with Crippen molar-refractivity contribution in [2.45, 2.75) is 156 Å². The predicted molar refractivity (Wildman–Crippen MR) is 330 cm³/mol. The number of aromatic nitrogens is 13. The van der Waals surface area contributed by atoms with E-state index in [-0.39, 0.29) is 31.0 Å². The van der Waals surface area contributed by atoms with Gasteiger partial charge in [0, 0.05) is 97.6 Å². The topological polar surface area (TPSA) is 222 Å². The number of hydrogen-bond donors (Lipinski definition) is 2. The standard InChI is InChI=1S/C15H21N5OSi.C14H23BN2O4.C12H18ClN3OSi.C6H4ClN3.C6H15ClOSi.Na.H/c1-22(2,3)7-6-21-11-20-5-4-13-14(12-8-18-19-9-12)16-10-17-15(13)20;1-12(2,3)19-11(18)17-9-10(8-16-17)15-20-13(4,5)14(6,7)21-15;1-18(2,3)7-6-17-9-16-5-4-10-11(13)14-8-15-12(10)16;7-5-4-1-2-8-6(4)10-3-9-5;1-9(2,3)5-4-8-6-7;;/h4-5,8-10H,6-7,11H2,1-3H3,(H,18,19);8-9H,1-7H3;4-5,8H,6-7,9H2,1-3H3;1-3H,(H,8,9,10);4-6H2,1-3H3;;/q;;;;;+1;-1. The SMILES string of the molecule is CC(C)(C)OC(=O)n1cc(B2OC(C)(C)C(C)(C)O2)cn1.C[Si](C)(C)CCOCCl.C[Si](C)(C)CCOCn1ccc2c(-c3cn[nH]c3)ncnc21.C[Si](C)(C)CCOCn1ccc2c(Cl)ncnc21.Clc1ncnc2[nH]ccc12.[H-].[Na+]. The summed E-state index contributed by atoms with van der Waals surface area (Å²) < 4.78 is 38.7. The van der Waals surface area contributed by atoms with Crippen LogP contribution in [0.25, 0.3) is 44.4 Å². The van der Waals surface area contributed by atoms with Crippen LogP contribution >= 0.6 is 34.8 Å². The average molecular weight is 1240 g/mol. The Morgan fingerprint density at radius 1 is 0.704 bits per heavy atom. The third-order valence-electron chi connectivity index (χ3n) is 12.4. The Labute approximate surface area is 518 Å². The third-order valence-corrected chi connectivity index (χ3v) is 18.2. The first-order chi connectivity index (χ1) is 37.4. The van der Waals surface area contributed by atoms with Crippen LogP contribution in [0.5, 0.6) is 0 Å². The van der Waals surface area contributed by atoms with Crippen molar-refractivity contribution in [1.82, 2.24) is 64.0 Å². The molecule has 0 aliphatic carbocycles. The van der Waals surface area contributed by atoms with E-state index in [0.717, 1.165) is 68.9 Å². The Bertz CT molecular complexity index is 3170. The molecule has 8 aromatic rings. The molecule has 0 bridgehead atoms. The van der Waals surface area contributed by atoms with E-state index >= 15 is 0 Å². The van der Waals surface area contributed by atoms with E-state index in [1.54, 1.807) is 31.1 Å². The summed E-state index contributed by atoms with van der Waals surface area (Å²) in [7, 11) is -3.49. The number of H-pyrrole nitrogens is 2. The molecule has 8 aromatic heterocycles. The van der Waals surface area contributed by atoms with Gasteiger partial charge in [0.2, 0.25) is 0 Å². The van der Waals surface area contributed by atoms with Gasteiger partial charge in [0.25, 0.3) is 0 Å². The normalized spacial score (nSPS) is 14.0. The first-order valence-corrected chi connectivity index (χ1v) is 38.9. The number of nitrogens with zero attached hydrogens (tertiary/aromatic N) is 11. The van der Waals surface area contributed by atoms with E-state index in [4.69, 9.17) is 63.1 Å². The summed E-state index contributed by atoms with van der Waals surface area (Å²) in [6, 6.07) is 9.67. The van der Waals surface area contributed by atoms with Crippen molar-refractivity contribution >= 4 is 111 Å². The van der Waals surface area contributed by atoms with E-state index in [0.29, 0.717) is 35.3 Å². The Morgan fingerprint density at radius 3 is 1.72 bits per heavy atom. The predicted octanol–water partition coefficient (Wildman–Crippen LogP) is 9.76. The monoisotopic (exact) mass is 1240 g/mol. The second kappa shape index (κ2) is 30.8. The number of halogens is 3. The number of aromatic amines is 2. The second-order valence-electron chi connectivity index (χ2n) is 24.6. The molecule has 0 spiro atoms. The maximum Gasteiger partial charge on any atom is 1.00 e. The minimum absolute atomic E-state index is 0. The first kappa shape index (κ1) is 69.6. The quantitative estimate of drug-likeness (QED) is 0.0398. The van der Waals surface area contributed by atoms with Crippen LogP contribution in [0.2, 0.25) is 87.4 Å². The fourth-order valence-electron chi connectivity index (χ4n) is 7.00. The molecule has 438 valence electrons. The molecule has 0 saturated carbocycles. The molecule has 20 nitrogen and oxygen atoms in total. The van der Waals surface area contributed by atoms with Crippen molar-refractivity contribution in [1.29, 1.82) is 0 Å². The maximum absolute atomic E-state index is 11.9. The molecule has 1 saturated heterocycles. The zero-order chi connectivity index (χ0) is 59.1. The zero-order valence-corrected chi connectivity index (χ0v) is 57.6. The number of carbonyl (C=O) groups is 1. The minimum Gasteiger partial charge on any atom is -1.00 e. The van der Waals surface area contributed by atoms with E-state index in [9.17, 15) is 4.79 Å². The molecule has 1 fully saturated rings. The largest absolute Gasteiger partial charge is 1.00 e. The first-order valence-electron chi connectivity index (χ1n) is 26.5. The smallest absolute Gasteiger partial charge is 1.00 e. The molecule has 9 rings (SSSR count). The minimum atomic E-state index is -1.05. The number of ether oxygens (including phenoxy) is 4. The van der Waals surface area contributed by atoms with E-state index in [2.05, 4.69) is 109 Å². The molecule has 0 amide bonds. The van der Waals surface area contributed by atoms with Gasteiger partial charge in [-0.25, -0.2) is 34.7 Å². The molecule has 0 aromatic carbocycles. The average Bonchev–Trinajstić information content (AvgIpc) is 4.44. The summed E-state index contributed by atoms with van der Waals surface area (Å²) in [6.07, 6.45) is 16.4. The van der Waals surface area contributed by atoms with Crippen molar-refractivity contribution in [2.75, 3.05) is 25.9 Å². The van der Waals surface area contributed by atoms with E-state index in [1.165, 1.54) is 30.8 Å². The molecule has 0 atom stereocenters. The van der Waals surface area contributed by atoms with Crippen LogP contribution in [0.3, 0.4) is 0 Å². The van der Waals surface area contributed by atoms with Crippen LogP contribution in [0.15, 0.2) is 80.6 Å². The fraction of sp³-hybridized carbons (Fsp3) is 0.528. The van der Waals surface area contributed by atoms with Crippen LogP contribution < -0.4 is 35.0 Å². The summed E-state index contributed by atoms with van der Waals surface area (Å²) in [5.41, 5.74) is 3.62. The van der Waals surface area contributed by atoms with Crippen molar-refractivity contribution in [2.24, 2.45) is 0 Å². The molecular formula is C53H82BCl3N13NaO7Si3. The van der Waals surface area contributed by atoms with E-state index < -0.39 is 54.2 Å². The molecule has 0 radical (unpaired) electrons. The van der Waals surface area contributed by atoms with Gasteiger partial charge in [-0.1, -0.05) is 93.7 Å². The summed E-state index contributed by atoms with van der Waals surface area (Å²) in [5.74, 6) is 0. The van der Waals surface area contributed by atoms with Gasteiger partial charge in [0.05, 0.1) is 33.9 Å². The summed E-state index contributed by atoms with van der Waals surface area (Å²) in [5, 5.41) is 14.5. The van der Waals surface area contributed by atoms with Crippen LogP contribution in [0.1, 0.15) is 49.9 Å². The number of fused-ring (bicyclic) bond motifs is 3. The number of hydrogen-bond acceptors (Lipinski definition) is 15. The molecule has 28 heteroatoms. The fourth-order valence-corrected chi connectivity index (χ4v) is 9.76. The number of rotatable bonds is 16. The van der Waals surface area contributed by atoms with Crippen LogP contribution in [0, 0.1) is 0 Å². The molecule has 1 aliphatic heterocycles. The number of nitrogens with one attached hydrogen (secondary N) is 2. The van der Waals surface area contributed by atoms with Crippen molar-refractivity contribution in [3.63, 3.8) is 0 Å². The zero-order valence-electron chi connectivity index (χ0n) is 51.4. The number of carbonyl (C=O) groups excluding carboxylic acids is 1. The molecule has 2 N–H and O–H groups in total. The van der Waals surface area contributed by atoms with Gasteiger partial charge in [-0.2, -0.15) is 14.9 Å². The van der Waals surface area contributed by atoms with Gasteiger partial charge in [0.1, 0.15) is 71.4 Å². The van der Waals surface area contributed by atoms with E-state index in [1.807, 2.05) is 94.4 Å². The second-order valence-corrected chi connectivity index (χ2v) is 42.4. The number of alkyl halides is 1. The Balaban J connectivity index is 0.000000277. The Hall–Kier alpha value is -3.86. The van der Waals surface area contributed by atoms with Crippen molar-refractivity contribution in [3.8, 4) is 11.3 Å². The van der Waals surface area contributed by atoms with Gasteiger partial charge in [-0.3, -0.25) is 5.10 Å². The van der Waals surface area contributed by atoms with Crippen LogP contribution in [-0.2, 0) is 41.7 Å². The Morgan fingerprint density at radius 2 is 1.21 bits per heavy atom. The summed E-state index contributed by atoms with van der Waals surface area (Å²) >= 11 is 17.0. The summed E-state index contributed by atoms with van der Waals surface area (Å²) in [6.45, 7) is 37.9. The van der Waals surface area contributed by atoms with Gasteiger partial charge in [-0.05, 0) is 84.8 Å². The van der Waals surface area contributed by atoms with Gasteiger partial charge < -0.3 is 43.8 Å². The summed E-state index contributed by atoms with van der Waals surface area (Å²) in [4.78, 5) is 39.6. The van der Waals surface area contributed by atoms with Gasteiger partial charge >= 0.3 is 42.8 Å². The van der Waals surface area contributed by atoms with Crippen LogP contribution in [-0.4, -0.2) is 144 Å². The molecule has 1 aliphatic rings. The third kappa shape index (κ3) is 22.6. The van der Waals surface area contributed by atoms with Gasteiger partial charge in [0.15, 0.2) is 0 Å². The van der Waals surface area contributed by atoms with Gasteiger partial charge in [-0.15, -0.1) is 0 Å². The van der Waals surface area contributed by atoms with Crippen molar-refractivity contribution < 1.29 is 64.0 Å².